The topological polar surface area (TPSA) is 127 Å². The lowest BCUT2D eigenvalue weighted by atomic mass is 10.3. The second-order valence-electron chi connectivity index (χ2n) is 4.64. The Morgan fingerprint density at radius 3 is 2.32 bits per heavy atom. The summed E-state index contributed by atoms with van der Waals surface area (Å²) in [6.45, 7) is 0. The number of sulfonamides is 1. The van der Waals surface area contributed by atoms with E-state index in [0.29, 0.717) is 10.8 Å². The van der Waals surface area contributed by atoms with Crippen molar-refractivity contribution in [1.29, 1.82) is 0 Å². The van der Waals surface area contributed by atoms with E-state index in [2.05, 4.69) is 35.6 Å². The van der Waals surface area contributed by atoms with E-state index < -0.39 is 10.0 Å². The van der Waals surface area contributed by atoms with Gasteiger partial charge in [-0.3, -0.25) is 5.43 Å². The fourth-order valence-corrected chi connectivity index (χ4v) is 2.96. The molecule has 25 heavy (non-hydrogen) atoms. The molecule has 0 fully saturated rings. The predicted molar refractivity (Wildman–Crippen MR) is 94.9 cm³/mol. The van der Waals surface area contributed by atoms with E-state index >= 15 is 0 Å². The summed E-state index contributed by atoms with van der Waals surface area (Å²) in [7, 11) is -3.77. The summed E-state index contributed by atoms with van der Waals surface area (Å²) < 4.78 is 28.3. The zero-order chi connectivity index (χ0) is 17.7. The number of hydrogen-bond acceptors (Lipinski definition) is 7. The van der Waals surface area contributed by atoms with Gasteiger partial charge in [0.2, 0.25) is 5.95 Å². The summed E-state index contributed by atoms with van der Waals surface area (Å²) in [5.74, 6) is 0.00372. The van der Waals surface area contributed by atoms with E-state index in [1.165, 1.54) is 41.9 Å². The van der Waals surface area contributed by atoms with Gasteiger partial charge in [0.15, 0.2) is 5.11 Å². The SMILES string of the molecule is O=S(=O)(Nc1ncccn1)c1ccc(NC(=S)Nn2cnnc2)cc1. The van der Waals surface area contributed by atoms with Crippen molar-refractivity contribution >= 4 is 39.0 Å². The van der Waals surface area contributed by atoms with Gasteiger partial charge in [0.1, 0.15) is 12.7 Å². The highest BCUT2D eigenvalue weighted by atomic mass is 32.2. The molecule has 0 unspecified atom stereocenters. The Balaban J connectivity index is 1.66. The highest BCUT2D eigenvalue weighted by Gasteiger charge is 2.15. The first-order chi connectivity index (χ1) is 12.0. The third-order valence-corrected chi connectivity index (χ3v) is 4.40. The summed E-state index contributed by atoms with van der Waals surface area (Å²) in [6.07, 6.45) is 5.78. The Kier molecular flexibility index (Phi) is 4.81. The molecular formula is C13H12N8O2S2. The molecule has 2 heterocycles. The Labute approximate surface area is 148 Å². The Hall–Kier alpha value is -3.12. The molecule has 3 rings (SSSR count). The Bertz CT molecular complexity index is 943. The molecule has 1 aromatic carbocycles. The highest BCUT2D eigenvalue weighted by Crippen LogP contribution is 2.16. The molecule has 0 bridgehead atoms. The van der Waals surface area contributed by atoms with Crippen LogP contribution >= 0.6 is 12.2 Å². The molecule has 0 saturated carbocycles. The van der Waals surface area contributed by atoms with E-state index in [4.69, 9.17) is 12.2 Å². The molecule has 3 aromatic rings. The first-order valence-electron chi connectivity index (χ1n) is 6.85. The first-order valence-corrected chi connectivity index (χ1v) is 8.75. The van der Waals surface area contributed by atoms with E-state index in [9.17, 15) is 8.42 Å². The number of nitrogens with one attached hydrogen (secondary N) is 3. The number of nitrogens with zero attached hydrogens (tertiary/aromatic N) is 5. The maximum atomic E-state index is 12.3. The lowest BCUT2D eigenvalue weighted by Crippen LogP contribution is -2.26. The number of rotatable bonds is 5. The van der Waals surface area contributed by atoms with Gasteiger partial charge in [-0.25, -0.2) is 27.8 Å². The molecule has 0 radical (unpaired) electrons. The van der Waals surface area contributed by atoms with Crippen molar-refractivity contribution in [3.63, 3.8) is 0 Å². The molecule has 0 aliphatic carbocycles. The fraction of sp³-hybridized carbons (Fsp3) is 0. The van der Waals surface area contributed by atoms with Gasteiger partial charge >= 0.3 is 0 Å². The summed E-state index contributed by atoms with van der Waals surface area (Å²) in [5, 5.41) is 10.5. The van der Waals surface area contributed by atoms with Gasteiger partial charge in [-0.1, -0.05) is 0 Å². The Morgan fingerprint density at radius 2 is 1.68 bits per heavy atom. The van der Waals surface area contributed by atoms with Gasteiger partial charge in [0.25, 0.3) is 10.0 Å². The molecule has 2 aromatic heterocycles. The summed E-state index contributed by atoms with van der Waals surface area (Å²) in [5.41, 5.74) is 3.42. The molecule has 0 aliphatic heterocycles. The lowest BCUT2D eigenvalue weighted by Gasteiger charge is -2.11. The largest absolute Gasteiger partial charge is 0.331 e. The highest BCUT2D eigenvalue weighted by molar-refractivity contribution is 7.92. The zero-order valence-electron chi connectivity index (χ0n) is 12.6. The van der Waals surface area contributed by atoms with Crippen molar-refractivity contribution in [1.82, 2.24) is 24.8 Å². The predicted octanol–water partition coefficient (Wildman–Crippen LogP) is 0.809. The standard InChI is InChI=1S/C13H12N8O2S2/c22-25(23,20-12-14-6-1-7-15-12)11-4-2-10(3-5-11)18-13(24)19-21-8-16-17-9-21/h1-9H,(H,14,15,20)(H2,18,19,24). The number of benzene rings is 1. The van der Waals surface area contributed by atoms with Crippen LogP contribution in [-0.4, -0.2) is 38.4 Å². The molecule has 3 N–H and O–H groups in total. The molecular weight excluding hydrogens is 364 g/mol. The van der Waals surface area contributed by atoms with Crippen LogP contribution in [0.4, 0.5) is 11.6 Å². The molecule has 10 nitrogen and oxygen atoms in total. The number of anilines is 2. The van der Waals surface area contributed by atoms with Gasteiger partial charge in [-0.2, -0.15) is 0 Å². The van der Waals surface area contributed by atoms with Gasteiger partial charge in [0.05, 0.1) is 4.90 Å². The average Bonchev–Trinajstić information content (AvgIpc) is 3.08. The summed E-state index contributed by atoms with van der Waals surface area (Å²) >= 11 is 5.13. The third kappa shape index (κ3) is 4.45. The molecule has 0 spiro atoms. The molecule has 12 heteroatoms. The molecule has 0 aliphatic rings. The van der Waals surface area contributed by atoms with Crippen LogP contribution in [0.3, 0.4) is 0 Å². The van der Waals surface area contributed by atoms with Crippen molar-refractivity contribution in [2.45, 2.75) is 4.90 Å². The molecule has 128 valence electrons. The van der Waals surface area contributed by atoms with Crippen LogP contribution in [0.2, 0.25) is 0 Å². The number of thiocarbonyl (C=S) groups is 1. The maximum absolute atomic E-state index is 12.3. The maximum Gasteiger partial charge on any atom is 0.264 e. The quantitative estimate of drug-likeness (QED) is 0.554. The van der Waals surface area contributed by atoms with Crippen LogP contribution in [0.1, 0.15) is 0 Å². The van der Waals surface area contributed by atoms with Crippen molar-refractivity contribution in [3.05, 3.63) is 55.4 Å². The molecule has 0 atom stereocenters. The average molecular weight is 376 g/mol. The normalized spacial score (nSPS) is 10.9. The minimum absolute atomic E-state index is 0.00372. The van der Waals surface area contributed by atoms with Crippen molar-refractivity contribution in [2.24, 2.45) is 0 Å². The summed E-state index contributed by atoms with van der Waals surface area (Å²) in [4.78, 5) is 7.73. The van der Waals surface area contributed by atoms with E-state index in [-0.39, 0.29) is 10.8 Å². The zero-order valence-corrected chi connectivity index (χ0v) is 14.2. The second kappa shape index (κ2) is 7.19. The summed E-state index contributed by atoms with van der Waals surface area (Å²) in [6, 6.07) is 7.64. The smallest absolute Gasteiger partial charge is 0.264 e. The van der Waals surface area contributed by atoms with Crippen LogP contribution in [-0.2, 0) is 10.0 Å². The van der Waals surface area contributed by atoms with Crippen molar-refractivity contribution in [3.8, 4) is 0 Å². The van der Waals surface area contributed by atoms with Crippen LogP contribution in [0.15, 0.2) is 60.3 Å². The van der Waals surface area contributed by atoms with E-state index in [0.717, 1.165) is 0 Å². The van der Waals surface area contributed by atoms with Gasteiger partial charge in [-0.15, -0.1) is 10.2 Å². The lowest BCUT2D eigenvalue weighted by molar-refractivity contribution is 0.601. The van der Waals surface area contributed by atoms with Crippen molar-refractivity contribution < 1.29 is 8.42 Å². The van der Waals surface area contributed by atoms with Crippen LogP contribution in [0.25, 0.3) is 0 Å². The van der Waals surface area contributed by atoms with Crippen LogP contribution < -0.4 is 15.5 Å². The first kappa shape index (κ1) is 16.7. The minimum atomic E-state index is -3.77. The van der Waals surface area contributed by atoms with Crippen molar-refractivity contribution in [2.75, 3.05) is 15.5 Å². The second-order valence-corrected chi connectivity index (χ2v) is 6.73. The number of hydrogen-bond donors (Lipinski definition) is 3. The van der Waals surface area contributed by atoms with Crippen LogP contribution in [0.5, 0.6) is 0 Å². The van der Waals surface area contributed by atoms with E-state index in [1.54, 1.807) is 18.2 Å². The van der Waals surface area contributed by atoms with E-state index in [1.807, 2.05) is 0 Å². The monoisotopic (exact) mass is 376 g/mol. The van der Waals surface area contributed by atoms with Crippen LogP contribution in [0, 0.1) is 0 Å². The molecule has 0 saturated heterocycles. The third-order valence-electron chi connectivity index (χ3n) is 2.86. The fourth-order valence-electron chi connectivity index (χ4n) is 1.78. The van der Waals surface area contributed by atoms with Gasteiger partial charge in [-0.05, 0) is 42.5 Å². The molecule has 0 amide bonds. The minimum Gasteiger partial charge on any atom is -0.331 e. The number of aromatic nitrogens is 5. The van der Waals surface area contributed by atoms with Gasteiger partial charge in [0, 0.05) is 18.1 Å². The Morgan fingerprint density at radius 1 is 1.04 bits per heavy atom. The van der Waals surface area contributed by atoms with Gasteiger partial charge < -0.3 is 5.32 Å².